The Labute approximate surface area is 88.1 Å². The topological polar surface area (TPSA) is 64.6 Å². The molecule has 0 bridgehead atoms. The van der Waals surface area contributed by atoms with Gasteiger partial charge in [-0.25, -0.2) is 13.1 Å². The third-order valence-electron chi connectivity index (χ3n) is 2.09. The summed E-state index contributed by atoms with van der Waals surface area (Å²) < 4.78 is 36.1. The summed E-state index contributed by atoms with van der Waals surface area (Å²) in [5.74, 6) is 0.760. The lowest BCUT2D eigenvalue weighted by Gasteiger charge is -2.20. The summed E-state index contributed by atoms with van der Waals surface area (Å²) in [5, 5.41) is 0. The van der Waals surface area contributed by atoms with Crippen LogP contribution >= 0.6 is 0 Å². The van der Waals surface area contributed by atoms with Gasteiger partial charge in [-0.15, -0.1) is 0 Å². The highest BCUT2D eigenvalue weighted by atomic mass is 32.2. The van der Waals surface area contributed by atoms with E-state index >= 15 is 0 Å². The molecule has 0 aromatic heterocycles. The van der Waals surface area contributed by atoms with Gasteiger partial charge in [0.2, 0.25) is 10.0 Å². The van der Waals surface area contributed by atoms with Crippen LogP contribution in [0.15, 0.2) is 23.1 Å². The predicted molar refractivity (Wildman–Crippen MR) is 53.7 cm³/mol. The summed E-state index contributed by atoms with van der Waals surface area (Å²) in [4.78, 5) is 0.113. The molecule has 0 saturated heterocycles. The van der Waals surface area contributed by atoms with Crippen molar-refractivity contribution in [1.82, 2.24) is 4.72 Å². The number of ether oxygens (including phenoxy) is 2. The van der Waals surface area contributed by atoms with E-state index in [1.807, 2.05) is 0 Å². The average molecular weight is 229 g/mol. The number of hydrogen-bond donors (Lipinski definition) is 1. The molecule has 1 N–H and O–H groups in total. The van der Waals surface area contributed by atoms with E-state index in [0.717, 1.165) is 0 Å². The second kappa shape index (κ2) is 3.71. The molecule has 2 rings (SSSR count). The molecule has 0 unspecified atom stereocenters. The van der Waals surface area contributed by atoms with Gasteiger partial charge in [-0.2, -0.15) is 0 Å². The molecular weight excluding hydrogens is 218 g/mol. The zero-order valence-electron chi connectivity index (χ0n) is 8.19. The standard InChI is InChI=1S/C9H11NO4S/c1-10-15(11,12)8-4-2-3-7-9(8)14-6-5-13-7/h2-4,10H,5-6H2,1H3. The Balaban J connectivity index is 2.58. The Morgan fingerprint density at radius 1 is 1.27 bits per heavy atom. The van der Waals surface area contributed by atoms with Crippen LogP contribution in [0.3, 0.4) is 0 Å². The molecular formula is C9H11NO4S. The molecule has 1 aliphatic rings. The van der Waals surface area contributed by atoms with E-state index in [1.165, 1.54) is 13.1 Å². The Morgan fingerprint density at radius 3 is 2.73 bits per heavy atom. The molecule has 1 aromatic carbocycles. The molecule has 0 radical (unpaired) electrons. The number of fused-ring (bicyclic) bond motifs is 1. The van der Waals surface area contributed by atoms with Gasteiger partial charge in [0, 0.05) is 0 Å². The van der Waals surface area contributed by atoms with E-state index in [0.29, 0.717) is 19.0 Å². The van der Waals surface area contributed by atoms with E-state index in [-0.39, 0.29) is 10.6 Å². The monoisotopic (exact) mass is 229 g/mol. The van der Waals surface area contributed by atoms with Gasteiger partial charge < -0.3 is 9.47 Å². The van der Waals surface area contributed by atoms with Crippen LogP contribution in [0.4, 0.5) is 0 Å². The number of rotatable bonds is 2. The van der Waals surface area contributed by atoms with E-state index < -0.39 is 10.0 Å². The van der Waals surface area contributed by atoms with Crippen LogP contribution in [-0.2, 0) is 10.0 Å². The first-order valence-corrected chi connectivity index (χ1v) is 5.95. The maximum atomic E-state index is 11.6. The number of para-hydroxylation sites is 1. The van der Waals surface area contributed by atoms with Crippen molar-refractivity contribution in [2.45, 2.75) is 4.90 Å². The van der Waals surface area contributed by atoms with E-state index in [4.69, 9.17) is 9.47 Å². The van der Waals surface area contributed by atoms with Gasteiger partial charge in [-0.3, -0.25) is 0 Å². The molecule has 5 nitrogen and oxygen atoms in total. The van der Waals surface area contributed by atoms with Crippen molar-refractivity contribution in [1.29, 1.82) is 0 Å². The first-order chi connectivity index (χ1) is 7.15. The van der Waals surface area contributed by atoms with Gasteiger partial charge >= 0.3 is 0 Å². The second-order valence-electron chi connectivity index (χ2n) is 2.99. The molecule has 0 fully saturated rings. The molecule has 1 aliphatic heterocycles. The summed E-state index contributed by atoms with van der Waals surface area (Å²) in [7, 11) is -2.14. The molecule has 0 saturated carbocycles. The molecule has 15 heavy (non-hydrogen) atoms. The lowest BCUT2D eigenvalue weighted by molar-refractivity contribution is 0.167. The zero-order chi connectivity index (χ0) is 10.9. The summed E-state index contributed by atoms with van der Waals surface area (Å²) >= 11 is 0. The van der Waals surface area contributed by atoms with E-state index in [1.54, 1.807) is 12.1 Å². The molecule has 0 amide bonds. The highest BCUT2D eigenvalue weighted by Crippen LogP contribution is 2.35. The smallest absolute Gasteiger partial charge is 0.244 e. The molecule has 0 aliphatic carbocycles. The van der Waals surface area contributed by atoms with Crippen LogP contribution in [-0.4, -0.2) is 28.7 Å². The molecule has 0 spiro atoms. The Bertz CT molecular complexity index is 469. The molecule has 0 atom stereocenters. The average Bonchev–Trinajstić information content (AvgIpc) is 2.28. The Kier molecular flexibility index (Phi) is 2.54. The number of benzene rings is 1. The van der Waals surface area contributed by atoms with Crippen LogP contribution in [0.1, 0.15) is 0 Å². The summed E-state index contributed by atoms with van der Waals surface area (Å²) in [5.41, 5.74) is 0. The maximum Gasteiger partial charge on any atom is 0.244 e. The summed E-state index contributed by atoms with van der Waals surface area (Å²) in [6.07, 6.45) is 0. The maximum absolute atomic E-state index is 11.6. The van der Waals surface area contributed by atoms with Gasteiger partial charge in [0.05, 0.1) is 0 Å². The fourth-order valence-electron chi connectivity index (χ4n) is 1.37. The minimum atomic E-state index is -3.49. The fourth-order valence-corrected chi connectivity index (χ4v) is 2.25. The minimum Gasteiger partial charge on any atom is -0.486 e. The Morgan fingerprint density at radius 2 is 2.00 bits per heavy atom. The highest BCUT2D eigenvalue weighted by Gasteiger charge is 2.23. The van der Waals surface area contributed by atoms with Crippen molar-refractivity contribution < 1.29 is 17.9 Å². The van der Waals surface area contributed by atoms with Crippen LogP contribution < -0.4 is 14.2 Å². The zero-order valence-corrected chi connectivity index (χ0v) is 9.00. The van der Waals surface area contributed by atoms with Gasteiger partial charge in [-0.1, -0.05) is 6.07 Å². The van der Waals surface area contributed by atoms with Crippen molar-refractivity contribution in [3.63, 3.8) is 0 Å². The van der Waals surface area contributed by atoms with Crippen LogP contribution in [0.2, 0.25) is 0 Å². The first-order valence-electron chi connectivity index (χ1n) is 4.47. The van der Waals surface area contributed by atoms with Crippen LogP contribution in [0, 0.1) is 0 Å². The summed E-state index contributed by atoms with van der Waals surface area (Å²) in [6, 6.07) is 4.79. The molecule has 82 valence electrons. The lowest BCUT2D eigenvalue weighted by atomic mass is 10.3. The predicted octanol–water partition coefficient (Wildman–Crippen LogP) is 0.366. The normalized spacial score (nSPS) is 15.0. The van der Waals surface area contributed by atoms with Crippen molar-refractivity contribution >= 4 is 10.0 Å². The number of hydrogen-bond acceptors (Lipinski definition) is 4. The minimum absolute atomic E-state index is 0.113. The number of sulfonamides is 1. The van der Waals surface area contributed by atoms with Gasteiger partial charge in [0.15, 0.2) is 11.5 Å². The molecule has 1 heterocycles. The number of nitrogens with one attached hydrogen (secondary N) is 1. The molecule has 6 heteroatoms. The van der Waals surface area contributed by atoms with E-state index in [9.17, 15) is 8.42 Å². The first kappa shape index (κ1) is 10.3. The second-order valence-corrected chi connectivity index (χ2v) is 4.84. The third kappa shape index (κ3) is 1.78. The molecule has 1 aromatic rings. The van der Waals surface area contributed by atoms with Crippen molar-refractivity contribution in [2.75, 3.05) is 20.3 Å². The lowest BCUT2D eigenvalue weighted by Crippen LogP contribution is -2.22. The van der Waals surface area contributed by atoms with Crippen LogP contribution in [0.5, 0.6) is 11.5 Å². The highest BCUT2D eigenvalue weighted by molar-refractivity contribution is 7.89. The van der Waals surface area contributed by atoms with Crippen molar-refractivity contribution in [2.24, 2.45) is 0 Å². The van der Waals surface area contributed by atoms with Gasteiger partial charge in [0.1, 0.15) is 18.1 Å². The van der Waals surface area contributed by atoms with E-state index in [2.05, 4.69) is 4.72 Å². The van der Waals surface area contributed by atoms with Gasteiger partial charge in [0.25, 0.3) is 0 Å². The quantitative estimate of drug-likeness (QED) is 0.795. The summed E-state index contributed by atoms with van der Waals surface area (Å²) in [6.45, 7) is 0.805. The van der Waals surface area contributed by atoms with Gasteiger partial charge in [-0.05, 0) is 19.2 Å². The Hall–Kier alpha value is -1.27. The third-order valence-corrected chi connectivity index (χ3v) is 3.53. The van der Waals surface area contributed by atoms with Crippen LogP contribution in [0.25, 0.3) is 0 Å². The SMILES string of the molecule is CNS(=O)(=O)c1cccc2c1OCCO2. The largest absolute Gasteiger partial charge is 0.486 e. The van der Waals surface area contributed by atoms with Crippen molar-refractivity contribution in [3.8, 4) is 11.5 Å². The van der Waals surface area contributed by atoms with Crippen molar-refractivity contribution in [3.05, 3.63) is 18.2 Å². The fraction of sp³-hybridized carbons (Fsp3) is 0.333.